The van der Waals surface area contributed by atoms with E-state index in [4.69, 9.17) is 33.0 Å². The van der Waals surface area contributed by atoms with E-state index in [-0.39, 0.29) is 11.5 Å². The highest BCUT2D eigenvalue weighted by Gasteiger charge is 2.12. The van der Waals surface area contributed by atoms with Gasteiger partial charge in [0.05, 0.1) is 0 Å². The maximum Gasteiger partial charge on any atom is 0.346 e. The molecule has 0 aliphatic carbocycles. The van der Waals surface area contributed by atoms with Crippen molar-refractivity contribution in [3.8, 4) is 5.75 Å². The minimum absolute atomic E-state index is 0.168. The van der Waals surface area contributed by atoms with E-state index in [2.05, 4.69) is 0 Å². The van der Waals surface area contributed by atoms with Crippen LogP contribution in [0, 0.1) is 0 Å². The Kier molecular flexibility index (Phi) is 4.11. The van der Waals surface area contributed by atoms with Gasteiger partial charge in [0.25, 0.3) is 0 Å². The molecule has 1 aromatic heterocycles. The first-order chi connectivity index (χ1) is 8.56. The smallest absolute Gasteiger partial charge is 0.346 e. The Morgan fingerprint density at radius 1 is 1.28 bits per heavy atom. The van der Waals surface area contributed by atoms with Crippen molar-refractivity contribution in [2.75, 3.05) is 0 Å². The van der Waals surface area contributed by atoms with Crippen molar-refractivity contribution in [3.05, 3.63) is 50.1 Å². The van der Waals surface area contributed by atoms with Crippen LogP contribution in [0.2, 0.25) is 10.0 Å². The van der Waals surface area contributed by atoms with Crippen LogP contribution in [-0.2, 0) is 6.61 Å². The summed E-state index contributed by atoms with van der Waals surface area (Å²) in [5.74, 6) is -0.442. The van der Waals surface area contributed by atoms with Crippen molar-refractivity contribution >= 4 is 40.5 Å². The summed E-state index contributed by atoms with van der Waals surface area (Å²) in [6.45, 7) is 0.168. The molecule has 2 rings (SSSR count). The number of hydrogen-bond donors (Lipinski definition) is 1. The maximum absolute atomic E-state index is 10.9. The van der Waals surface area contributed by atoms with E-state index in [9.17, 15) is 4.79 Å². The molecule has 3 nitrogen and oxygen atoms in total. The minimum Gasteiger partial charge on any atom is -0.489 e. The summed E-state index contributed by atoms with van der Waals surface area (Å²) in [7, 11) is 0. The van der Waals surface area contributed by atoms with Crippen molar-refractivity contribution in [1.29, 1.82) is 0 Å². The molecule has 1 heterocycles. The molecule has 0 saturated heterocycles. The van der Waals surface area contributed by atoms with Gasteiger partial charge in [0.2, 0.25) is 0 Å². The third kappa shape index (κ3) is 3.16. The molecule has 1 N–H and O–H groups in total. The lowest BCUT2D eigenvalue weighted by atomic mass is 10.2. The first kappa shape index (κ1) is 13.2. The van der Waals surface area contributed by atoms with Gasteiger partial charge in [-0.3, -0.25) is 0 Å². The molecule has 0 unspecified atom stereocenters. The molecule has 0 radical (unpaired) electrons. The molecule has 2 aromatic rings. The summed E-state index contributed by atoms with van der Waals surface area (Å²) in [5.41, 5.74) is 0.628. The van der Waals surface area contributed by atoms with Gasteiger partial charge in [-0.15, -0.1) is 11.3 Å². The maximum atomic E-state index is 10.9. The van der Waals surface area contributed by atoms with Gasteiger partial charge in [0, 0.05) is 15.6 Å². The molecular weight excluding hydrogens is 295 g/mol. The number of ether oxygens (including phenoxy) is 1. The summed E-state index contributed by atoms with van der Waals surface area (Å²) in [6, 6.07) is 6.57. The number of carboxylic acid groups (broad SMARTS) is 1. The quantitative estimate of drug-likeness (QED) is 0.914. The highest BCUT2D eigenvalue weighted by atomic mass is 35.5. The minimum atomic E-state index is -0.951. The molecule has 94 valence electrons. The highest BCUT2D eigenvalue weighted by Crippen LogP contribution is 2.26. The predicted molar refractivity (Wildman–Crippen MR) is 72.1 cm³/mol. The average Bonchev–Trinajstić information content (AvgIpc) is 2.73. The molecule has 6 heteroatoms. The van der Waals surface area contributed by atoms with Crippen molar-refractivity contribution in [3.63, 3.8) is 0 Å². The number of aromatic carboxylic acids is 1. The Hall–Kier alpha value is -1.23. The summed E-state index contributed by atoms with van der Waals surface area (Å²) >= 11 is 12.8. The topological polar surface area (TPSA) is 46.5 Å². The van der Waals surface area contributed by atoms with Crippen LogP contribution in [-0.4, -0.2) is 11.1 Å². The van der Waals surface area contributed by atoms with Gasteiger partial charge >= 0.3 is 5.97 Å². The van der Waals surface area contributed by atoms with E-state index < -0.39 is 5.97 Å². The van der Waals surface area contributed by atoms with Crippen LogP contribution < -0.4 is 4.74 Å². The van der Waals surface area contributed by atoms with Gasteiger partial charge in [0.15, 0.2) is 0 Å². The molecule has 0 aliphatic rings. The summed E-state index contributed by atoms with van der Waals surface area (Å²) in [4.78, 5) is 11.2. The zero-order valence-electron chi connectivity index (χ0n) is 9.02. The lowest BCUT2D eigenvalue weighted by Gasteiger charge is -2.06. The van der Waals surface area contributed by atoms with E-state index in [1.54, 1.807) is 29.6 Å². The third-order valence-electron chi connectivity index (χ3n) is 2.17. The Balaban J connectivity index is 2.11. The molecule has 0 saturated carbocycles. The van der Waals surface area contributed by atoms with Gasteiger partial charge < -0.3 is 9.84 Å². The van der Waals surface area contributed by atoms with E-state index in [0.29, 0.717) is 21.4 Å². The van der Waals surface area contributed by atoms with Crippen molar-refractivity contribution < 1.29 is 14.6 Å². The molecule has 0 atom stereocenters. The molecule has 0 aliphatic heterocycles. The van der Waals surface area contributed by atoms with E-state index in [0.717, 1.165) is 0 Å². The SMILES string of the molecule is O=C(O)c1sccc1COc1cc(Cl)cc(Cl)c1. The first-order valence-corrected chi connectivity index (χ1v) is 6.58. The zero-order valence-corrected chi connectivity index (χ0v) is 11.4. The number of rotatable bonds is 4. The molecule has 0 spiro atoms. The number of carbonyl (C=O) groups is 1. The largest absolute Gasteiger partial charge is 0.489 e. The van der Waals surface area contributed by atoms with Gasteiger partial charge in [0.1, 0.15) is 17.2 Å². The van der Waals surface area contributed by atoms with E-state index >= 15 is 0 Å². The van der Waals surface area contributed by atoms with Crippen LogP contribution in [0.4, 0.5) is 0 Å². The number of halogens is 2. The second-order valence-corrected chi connectivity index (χ2v) is 5.26. The second kappa shape index (κ2) is 5.61. The molecule has 1 aromatic carbocycles. The summed E-state index contributed by atoms with van der Waals surface area (Å²) < 4.78 is 5.48. The monoisotopic (exact) mass is 302 g/mol. The van der Waals surface area contributed by atoms with Crippen molar-refractivity contribution in [2.45, 2.75) is 6.61 Å². The Bertz CT molecular complexity index is 560. The highest BCUT2D eigenvalue weighted by molar-refractivity contribution is 7.12. The average molecular weight is 303 g/mol. The Labute approximate surface area is 118 Å². The van der Waals surface area contributed by atoms with Crippen molar-refractivity contribution in [1.82, 2.24) is 0 Å². The fraction of sp³-hybridized carbons (Fsp3) is 0.0833. The Morgan fingerprint density at radius 2 is 1.94 bits per heavy atom. The third-order valence-corrected chi connectivity index (χ3v) is 3.55. The number of thiophene rings is 1. The van der Waals surface area contributed by atoms with Crippen molar-refractivity contribution in [2.24, 2.45) is 0 Å². The molecular formula is C12H8Cl2O3S. The number of hydrogen-bond acceptors (Lipinski definition) is 3. The molecule has 0 fully saturated rings. The van der Waals surface area contributed by atoms with Gasteiger partial charge in [-0.2, -0.15) is 0 Å². The van der Waals surface area contributed by atoms with Crippen LogP contribution in [0.3, 0.4) is 0 Å². The van der Waals surface area contributed by atoms with Gasteiger partial charge in [-0.25, -0.2) is 4.79 Å². The van der Waals surface area contributed by atoms with Crippen LogP contribution in [0.1, 0.15) is 15.2 Å². The zero-order chi connectivity index (χ0) is 13.1. The van der Waals surface area contributed by atoms with Gasteiger partial charge in [-0.1, -0.05) is 23.2 Å². The van der Waals surface area contributed by atoms with Crippen LogP contribution in [0.25, 0.3) is 0 Å². The van der Waals surface area contributed by atoms with Crippen LogP contribution in [0.15, 0.2) is 29.6 Å². The lowest BCUT2D eigenvalue weighted by molar-refractivity contribution is 0.0699. The van der Waals surface area contributed by atoms with Crippen LogP contribution >= 0.6 is 34.5 Å². The standard InChI is InChI=1S/C12H8Cl2O3S/c13-8-3-9(14)5-10(4-8)17-6-7-1-2-18-11(7)12(15)16/h1-5H,6H2,(H,15,16). The Morgan fingerprint density at radius 3 is 2.56 bits per heavy atom. The van der Waals surface area contributed by atoms with E-state index in [1.165, 1.54) is 11.3 Å². The van der Waals surface area contributed by atoms with Gasteiger partial charge in [-0.05, 0) is 29.6 Å². The fourth-order valence-electron chi connectivity index (χ4n) is 1.41. The first-order valence-electron chi connectivity index (χ1n) is 4.95. The number of benzene rings is 1. The lowest BCUT2D eigenvalue weighted by Crippen LogP contribution is -2.01. The summed E-state index contributed by atoms with van der Waals surface area (Å²) in [6.07, 6.45) is 0. The number of carboxylic acids is 1. The fourth-order valence-corrected chi connectivity index (χ4v) is 2.66. The molecule has 0 bridgehead atoms. The normalized spacial score (nSPS) is 10.3. The molecule has 18 heavy (non-hydrogen) atoms. The summed E-state index contributed by atoms with van der Waals surface area (Å²) in [5, 5.41) is 11.6. The van der Waals surface area contributed by atoms with E-state index in [1.807, 2.05) is 0 Å². The predicted octanol–water partition coefficient (Wildman–Crippen LogP) is 4.33. The molecule has 0 amide bonds. The van der Waals surface area contributed by atoms with Crippen LogP contribution in [0.5, 0.6) is 5.75 Å². The second-order valence-electron chi connectivity index (χ2n) is 3.47.